The molecular weight excluding hydrogens is 148 g/mol. The lowest BCUT2D eigenvalue weighted by Gasteiger charge is -2.40. The average Bonchev–Trinajstić information content (AvgIpc) is 2.46. The number of hydrogen-bond acceptors (Lipinski definition) is 2. The molecule has 0 aliphatic carbocycles. The van der Waals surface area contributed by atoms with Gasteiger partial charge in [-0.05, 0) is 39.2 Å². The second-order valence-corrected chi connectivity index (χ2v) is 4.58. The Balaban J connectivity index is 2.10. The Bertz CT molecular complexity index is 169. The van der Waals surface area contributed by atoms with E-state index >= 15 is 0 Å². The van der Waals surface area contributed by atoms with E-state index in [1.54, 1.807) is 0 Å². The Hall–Kier alpha value is -0.0800. The van der Waals surface area contributed by atoms with Crippen LogP contribution in [0.5, 0.6) is 0 Å². The van der Waals surface area contributed by atoms with E-state index in [4.69, 9.17) is 5.73 Å². The second-order valence-electron chi connectivity index (χ2n) is 4.58. The lowest BCUT2D eigenvalue weighted by atomic mass is 9.99. The standard InChI is InChI=1S/C10H20N2/c1-10(8-11)6-5-9-4-2-3-7-12(9)10/h9H,2-8,11H2,1H3. The van der Waals surface area contributed by atoms with Gasteiger partial charge in [-0.1, -0.05) is 6.42 Å². The van der Waals surface area contributed by atoms with Crippen molar-refractivity contribution in [2.24, 2.45) is 5.73 Å². The van der Waals surface area contributed by atoms with Crippen molar-refractivity contribution in [3.8, 4) is 0 Å². The molecule has 0 spiro atoms. The Morgan fingerprint density at radius 3 is 3.00 bits per heavy atom. The molecule has 2 aliphatic rings. The molecule has 0 amide bonds. The van der Waals surface area contributed by atoms with Crippen LogP contribution < -0.4 is 5.73 Å². The highest BCUT2D eigenvalue weighted by atomic mass is 15.3. The van der Waals surface area contributed by atoms with Gasteiger partial charge >= 0.3 is 0 Å². The van der Waals surface area contributed by atoms with Crippen LogP contribution in [0.15, 0.2) is 0 Å². The topological polar surface area (TPSA) is 29.3 Å². The SMILES string of the molecule is CC1(CN)CCC2CCCCN21. The highest BCUT2D eigenvalue weighted by Gasteiger charge is 2.42. The van der Waals surface area contributed by atoms with Gasteiger partial charge in [-0.25, -0.2) is 0 Å². The van der Waals surface area contributed by atoms with Gasteiger partial charge in [0.05, 0.1) is 0 Å². The van der Waals surface area contributed by atoms with E-state index in [1.165, 1.54) is 38.6 Å². The number of fused-ring (bicyclic) bond motifs is 1. The molecule has 2 fully saturated rings. The number of nitrogens with zero attached hydrogens (tertiary/aromatic N) is 1. The van der Waals surface area contributed by atoms with Crippen molar-refractivity contribution in [3.63, 3.8) is 0 Å². The van der Waals surface area contributed by atoms with Gasteiger partial charge in [-0.15, -0.1) is 0 Å². The van der Waals surface area contributed by atoms with Crippen LogP contribution in [0, 0.1) is 0 Å². The maximum atomic E-state index is 5.83. The van der Waals surface area contributed by atoms with Crippen molar-refractivity contribution >= 4 is 0 Å². The monoisotopic (exact) mass is 168 g/mol. The van der Waals surface area contributed by atoms with E-state index in [2.05, 4.69) is 11.8 Å². The quantitative estimate of drug-likeness (QED) is 0.640. The largest absolute Gasteiger partial charge is 0.329 e. The fourth-order valence-corrected chi connectivity index (χ4v) is 2.85. The van der Waals surface area contributed by atoms with Gasteiger partial charge in [0.15, 0.2) is 0 Å². The molecule has 0 radical (unpaired) electrons. The zero-order chi connectivity index (χ0) is 8.60. The molecule has 2 heteroatoms. The van der Waals surface area contributed by atoms with Gasteiger partial charge in [-0.2, -0.15) is 0 Å². The summed E-state index contributed by atoms with van der Waals surface area (Å²) in [6.07, 6.45) is 6.92. The number of hydrogen-bond donors (Lipinski definition) is 1. The summed E-state index contributed by atoms with van der Waals surface area (Å²) in [5.41, 5.74) is 6.17. The zero-order valence-corrected chi connectivity index (χ0v) is 8.05. The summed E-state index contributed by atoms with van der Waals surface area (Å²) in [5.74, 6) is 0. The van der Waals surface area contributed by atoms with Gasteiger partial charge in [0.25, 0.3) is 0 Å². The minimum atomic E-state index is 0.338. The van der Waals surface area contributed by atoms with Gasteiger partial charge < -0.3 is 5.73 Å². The molecule has 0 aromatic rings. The van der Waals surface area contributed by atoms with E-state index < -0.39 is 0 Å². The van der Waals surface area contributed by atoms with Gasteiger partial charge in [0.1, 0.15) is 0 Å². The van der Waals surface area contributed by atoms with Crippen molar-refractivity contribution in [1.29, 1.82) is 0 Å². The van der Waals surface area contributed by atoms with E-state index in [0.717, 1.165) is 12.6 Å². The van der Waals surface area contributed by atoms with E-state index in [9.17, 15) is 0 Å². The lowest BCUT2D eigenvalue weighted by molar-refractivity contribution is 0.0900. The number of piperidine rings is 1. The van der Waals surface area contributed by atoms with E-state index in [1.807, 2.05) is 0 Å². The van der Waals surface area contributed by atoms with Crippen LogP contribution in [-0.4, -0.2) is 29.6 Å². The average molecular weight is 168 g/mol. The normalized spacial score (nSPS) is 43.0. The molecule has 0 aromatic carbocycles. The number of rotatable bonds is 1. The van der Waals surface area contributed by atoms with Crippen LogP contribution in [0.3, 0.4) is 0 Å². The lowest BCUT2D eigenvalue weighted by Crippen LogP contribution is -2.51. The predicted octanol–water partition coefficient (Wildman–Crippen LogP) is 1.35. The second kappa shape index (κ2) is 3.00. The fraction of sp³-hybridized carbons (Fsp3) is 1.00. The summed E-state index contributed by atoms with van der Waals surface area (Å²) in [4.78, 5) is 2.66. The minimum Gasteiger partial charge on any atom is -0.329 e. The molecule has 2 N–H and O–H groups in total. The molecule has 2 nitrogen and oxygen atoms in total. The van der Waals surface area contributed by atoms with Crippen molar-refractivity contribution in [2.45, 2.75) is 50.6 Å². The Morgan fingerprint density at radius 2 is 2.25 bits per heavy atom. The molecule has 12 heavy (non-hydrogen) atoms. The first-order valence-electron chi connectivity index (χ1n) is 5.23. The Morgan fingerprint density at radius 1 is 1.42 bits per heavy atom. The van der Waals surface area contributed by atoms with Crippen molar-refractivity contribution in [1.82, 2.24) is 4.90 Å². The minimum absolute atomic E-state index is 0.338. The van der Waals surface area contributed by atoms with Gasteiger partial charge in [-0.3, -0.25) is 4.90 Å². The van der Waals surface area contributed by atoms with Crippen LogP contribution >= 0.6 is 0 Å². The first-order valence-corrected chi connectivity index (χ1v) is 5.23. The number of nitrogens with two attached hydrogens (primary N) is 1. The third kappa shape index (κ3) is 1.17. The fourth-order valence-electron chi connectivity index (χ4n) is 2.85. The first kappa shape index (κ1) is 8.52. The predicted molar refractivity (Wildman–Crippen MR) is 51.0 cm³/mol. The molecule has 70 valence electrons. The van der Waals surface area contributed by atoms with Crippen LogP contribution in [0.4, 0.5) is 0 Å². The molecule has 0 aromatic heterocycles. The molecule has 2 rings (SSSR count). The van der Waals surface area contributed by atoms with Crippen LogP contribution in [0.25, 0.3) is 0 Å². The highest BCUT2D eigenvalue weighted by Crippen LogP contribution is 2.37. The molecular formula is C10H20N2. The van der Waals surface area contributed by atoms with Crippen molar-refractivity contribution < 1.29 is 0 Å². The van der Waals surface area contributed by atoms with E-state index in [-0.39, 0.29) is 0 Å². The molecule has 2 aliphatic heterocycles. The molecule has 0 saturated carbocycles. The third-order valence-electron chi connectivity index (χ3n) is 3.78. The highest BCUT2D eigenvalue weighted by molar-refractivity contribution is 4.99. The van der Waals surface area contributed by atoms with Crippen LogP contribution in [-0.2, 0) is 0 Å². The Labute approximate surface area is 75.1 Å². The Kier molecular flexibility index (Phi) is 2.13. The molecule has 2 saturated heterocycles. The van der Waals surface area contributed by atoms with Crippen LogP contribution in [0.1, 0.15) is 39.0 Å². The van der Waals surface area contributed by atoms with Crippen molar-refractivity contribution in [2.75, 3.05) is 13.1 Å². The van der Waals surface area contributed by atoms with Crippen LogP contribution in [0.2, 0.25) is 0 Å². The molecule has 2 heterocycles. The third-order valence-corrected chi connectivity index (χ3v) is 3.78. The summed E-state index contributed by atoms with van der Waals surface area (Å²) in [6, 6.07) is 0.868. The summed E-state index contributed by atoms with van der Waals surface area (Å²) in [5, 5.41) is 0. The van der Waals surface area contributed by atoms with Gasteiger partial charge in [0, 0.05) is 18.1 Å². The summed E-state index contributed by atoms with van der Waals surface area (Å²) >= 11 is 0. The first-order chi connectivity index (χ1) is 5.76. The van der Waals surface area contributed by atoms with Crippen molar-refractivity contribution in [3.05, 3.63) is 0 Å². The zero-order valence-electron chi connectivity index (χ0n) is 8.05. The smallest absolute Gasteiger partial charge is 0.0307 e. The maximum absolute atomic E-state index is 5.83. The maximum Gasteiger partial charge on any atom is 0.0307 e. The summed E-state index contributed by atoms with van der Waals surface area (Å²) < 4.78 is 0. The molecule has 2 atom stereocenters. The van der Waals surface area contributed by atoms with E-state index in [0.29, 0.717) is 5.54 Å². The van der Waals surface area contributed by atoms with Gasteiger partial charge in [0.2, 0.25) is 0 Å². The summed E-state index contributed by atoms with van der Waals surface area (Å²) in [6.45, 7) is 4.46. The molecule has 0 bridgehead atoms. The molecule has 2 unspecified atom stereocenters. The summed E-state index contributed by atoms with van der Waals surface area (Å²) in [7, 11) is 0.